The molecule has 20 heavy (non-hydrogen) atoms. The van der Waals surface area contributed by atoms with Crippen LogP contribution in [0, 0.1) is 17.7 Å². The number of carbonyl (C=O) groups excluding carboxylic acids is 2. The molecule has 0 saturated carbocycles. The fourth-order valence-electron chi connectivity index (χ4n) is 2.88. The van der Waals surface area contributed by atoms with Gasteiger partial charge in [-0.05, 0) is 42.5 Å². The van der Waals surface area contributed by atoms with E-state index in [-0.39, 0.29) is 23.6 Å². The Bertz CT molecular complexity index is 552. The zero-order valence-electron chi connectivity index (χ0n) is 11.0. The van der Waals surface area contributed by atoms with Crippen molar-refractivity contribution < 1.29 is 18.7 Å². The van der Waals surface area contributed by atoms with E-state index in [0.29, 0.717) is 43.7 Å². The van der Waals surface area contributed by atoms with Crippen molar-refractivity contribution in [2.45, 2.75) is 19.3 Å². The van der Waals surface area contributed by atoms with Crippen LogP contribution in [0.1, 0.15) is 17.5 Å². The molecule has 1 saturated heterocycles. The third-order valence-corrected chi connectivity index (χ3v) is 4.00. The molecular formula is C15H16FNO3. The lowest BCUT2D eigenvalue weighted by Gasteiger charge is -2.11. The van der Waals surface area contributed by atoms with Gasteiger partial charge >= 0.3 is 0 Å². The molecule has 1 heterocycles. The van der Waals surface area contributed by atoms with Gasteiger partial charge < -0.3 is 14.8 Å². The molecule has 0 bridgehead atoms. The minimum Gasteiger partial charge on any atom is -0.381 e. The zero-order chi connectivity index (χ0) is 14.1. The number of hydrogen-bond acceptors (Lipinski definition) is 3. The molecule has 1 amide bonds. The Morgan fingerprint density at radius 2 is 2.25 bits per heavy atom. The van der Waals surface area contributed by atoms with Crippen LogP contribution < -0.4 is 5.32 Å². The predicted octanol–water partition coefficient (Wildman–Crippen LogP) is 1.71. The normalized spacial score (nSPS) is 24.4. The van der Waals surface area contributed by atoms with Gasteiger partial charge in [-0.2, -0.15) is 0 Å². The van der Waals surface area contributed by atoms with Crippen LogP contribution in [0.15, 0.2) is 12.1 Å². The van der Waals surface area contributed by atoms with Crippen molar-refractivity contribution in [1.82, 2.24) is 0 Å². The van der Waals surface area contributed by atoms with Gasteiger partial charge in [-0.3, -0.25) is 4.79 Å². The second-order valence-electron chi connectivity index (χ2n) is 5.45. The molecule has 0 spiro atoms. The summed E-state index contributed by atoms with van der Waals surface area (Å²) in [5.41, 5.74) is 1.88. The number of anilines is 1. The van der Waals surface area contributed by atoms with Crippen molar-refractivity contribution in [3.8, 4) is 0 Å². The molecule has 1 aromatic carbocycles. The number of fused-ring (bicyclic) bond motifs is 1. The van der Waals surface area contributed by atoms with Gasteiger partial charge in [-0.1, -0.05) is 0 Å². The highest BCUT2D eigenvalue weighted by Gasteiger charge is 2.27. The number of nitrogens with one attached hydrogen (secondary N) is 1. The van der Waals surface area contributed by atoms with Gasteiger partial charge in [0.25, 0.3) is 0 Å². The van der Waals surface area contributed by atoms with Crippen molar-refractivity contribution in [2.24, 2.45) is 11.8 Å². The molecule has 1 N–H and O–H groups in total. The first-order valence-electron chi connectivity index (χ1n) is 6.82. The van der Waals surface area contributed by atoms with E-state index in [9.17, 15) is 14.0 Å². The van der Waals surface area contributed by atoms with Crippen LogP contribution in [-0.4, -0.2) is 25.4 Å². The zero-order valence-corrected chi connectivity index (χ0v) is 11.0. The van der Waals surface area contributed by atoms with Crippen LogP contribution in [0.2, 0.25) is 0 Å². The van der Waals surface area contributed by atoms with Crippen molar-refractivity contribution in [3.63, 3.8) is 0 Å². The number of carbonyl (C=O) groups is 2. The number of halogens is 1. The Morgan fingerprint density at radius 1 is 1.40 bits per heavy atom. The minimum absolute atomic E-state index is 0.133. The molecule has 0 aromatic heterocycles. The third-order valence-electron chi connectivity index (χ3n) is 4.00. The van der Waals surface area contributed by atoms with Gasteiger partial charge in [0.15, 0.2) is 0 Å². The second-order valence-corrected chi connectivity index (χ2v) is 5.45. The molecule has 1 aliphatic carbocycles. The SMILES string of the molecule is O=CC1Cc2cc(NC(=O)C3CCOC3)cc(F)c2C1. The summed E-state index contributed by atoms with van der Waals surface area (Å²) in [6, 6.07) is 3.11. The highest BCUT2D eigenvalue weighted by molar-refractivity contribution is 5.93. The summed E-state index contributed by atoms with van der Waals surface area (Å²) < 4.78 is 19.2. The standard InChI is InChI=1S/C15H16FNO3/c16-14-6-12(17-15(19)10-1-2-20-8-10)5-11-3-9(7-18)4-13(11)14/h5-7,9-10H,1-4,8H2,(H,17,19). The van der Waals surface area contributed by atoms with E-state index in [0.717, 1.165) is 11.8 Å². The van der Waals surface area contributed by atoms with E-state index in [1.54, 1.807) is 6.07 Å². The summed E-state index contributed by atoms with van der Waals surface area (Å²) in [7, 11) is 0. The van der Waals surface area contributed by atoms with Crippen molar-refractivity contribution >= 4 is 17.9 Å². The highest BCUT2D eigenvalue weighted by atomic mass is 19.1. The fourth-order valence-corrected chi connectivity index (χ4v) is 2.88. The molecule has 1 aliphatic heterocycles. The van der Waals surface area contributed by atoms with Gasteiger partial charge in [-0.15, -0.1) is 0 Å². The maximum absolute atomic E-state index is 14.0. The number of ether oxygens (including phenoxy) is 1. The smallest absolute Gasteiger partial charge is 0.229 e. The quantitative estimate of drug-likeness (QED) is 0.856. The average Bonchev–Trinajstić information content (AvgIpc) is 3.07. The Balaban J connectivity index is 1.77. The molecule has 5 heteroatoms. The number of rotatable bonds is 3. The molecular weight excluding hydrogens is 261 g/mol. The van der Waals surface area contributed by atoms with Gasteiger partial charge in [0, 0.05) is 18.2 Å². The van der Waals surface area contributed by atoms with Crippen LogP contribution in [0.25, 0.3) is 0 Å². The van der Waals surface area contributed by atoms with Gasteiger partial charge in [0.05, 0.1) is 12.5 Å². The largest absolute Gasteiger partial charge is 0.381 e. The van der Waals surface area contributed by atoms with Crippen molar-refractivity contribution in [2.75, 3.05) is 18.5 Å². The van der Waals surface area contributed by atoms with E-state index < -0.39 is 0 Å². The first-order chi connectivity index (χ1) is 9.67. The summed E-state index contributed by atoms with van der Waals surface area (Å²) >= 11 is 0. The summed E-state index contributed by atoms with van der Waals surface area (Å²) in [4.78, 5) is 22.8. The molecule has 2 aliphatic rings. The van der Waals surface area contributed by atoms with Crippen molar-refractivity contribution in [1.29, 1.82) is 0 Å². The summed E-state index contributed by atoms with van der Waals surface area (Å²) in [5.74, 6) is -0.778. The lowest BCUT2D eigenvalue weighted by atomic mass is 10.1. The molecule has 1 fully saturated rings. The lowest BCUT2D eigenvalue weighted by Crippen LogP contribution is -2.23. The minimum atomic E-state index is -0.343. The Kier molecular flexibility index (Phi) is 3.53. The number of amides is 1. The molecule has 106 valence electrons. The van der Waals surface area contributed by atoms with Crippen molar-refractivity contribution in [3.05, 3.63) is 29.1 Å². The van der Waals surface area contributed by atoms with E-state index in [2.05, 4.69) is 5.32 Å². The fraction of sp³-hybridized carbons (Fsp3) is 0.467. The highest BCUT2D eigenvalue weighted by Crippen LogP contribution is 2.31. The Labute approximate surface area is 116 Å². The van der Waals surface area contributed by atoms with E-state index in [1.807, 2.05) is 0 Å². The molecule has 2 atom stereocenters. The Morgan fingerprint density at radius 3 is 2.95 bits per heavy atom. The van der Waals surface area contributed by atoms with E-state index in [1.165, 1.54) is 6.07 Å². The average molecular weight is 277 g/mol. The first-order valence-corrected chi connectivity index (χ1v) is 6.82. The number of aldehydes is 1. The third kappa shape index (κ3) is 2.45. The predicted molar refractivity (Wildman–Crippen MR) is 70.9 cm³/mol. The topological polar surface area (TPSA) is 55.4 Å². The molecule has 1 aromatic rings. The maximum atomic E-state index is 14.0. The monoisotopic (exact) mass is 277 g/mol. The summed E-state index contributed by atoms with van der Waals surface area (Å²) in [6.45, 7) is 1.02. The van der Waals surface area contributed by atoms with Gasteiger partial charge in [0.2, 0.25) is 5.91 Å². The summed E-state index contributed by atoms with van der Waals surface area (Å²) in [6.07, 6.45) is 2.57. The molecule has 3 rings (SSSR count). The first kappa shape index (κ1) is 13.2. The maximum Gasteiger partial charge on any atom is 0.229 e. The van der Waals surface area contributed by atoms with Crippen LogP contribution in [0.3, 0.4) is 0 Å². The van der Waals surface area contributed by atoms with Crippen LogP contribution in [-0.2, 0) is 27.2 Å². The lowest BCUT2D eigenvalue weighted by molar-refractivity contribution is -0.119. The molecule has 2 unspecified atom stereocenters. The van der Waals surface area contributed by atoms with Crippen LogP contribution >= 0.6 is 0 Å². The second kappa shape index (κ2) is 5.32. The number of hydrogen-bond donors (Lipinski definition) is 1. The molecule has 4 nitrogen and oxygen atoms in total. The van der Waals surface area contributed by atoms with Gasteiger partial charge in [0.1, 0.15) is 12.1 Å². The Hall–Kier alpha value is -1.75. The summed E-state index contributed by atoms with van der Waals surface area (Å²) in [5, 5.41) is 2.74. The molecule has 0 radical (unpaired) electrons. The van der Waals surface area contributed by atoms with E-state index in [4.69, 9.17) is 4.74 Å². The number of benzene rings is 1. The van der Waals surface area contributed by atoms with Gasteiger partial charge in [-0.25, -0.2) is 4.39 Å². The van der Waals surface area contributed by atoms with E-state index >= 15 is 0 Å². The van der Waals surface area contributed by atoms with Crippen LogP contribution in [0.5, 0.6) is 0 Å². The van der Waals surface area contributed by atoms with Crippen LogP contribution in [0.4, 0.5) is 10.1 Å².